The van der Waals surface area contributed by atoms with E-state index in [-0.39, 0.29) is 12.1 Å². The van der Waals surface area contributed by atoms with Crippen molar-refractivity contribution in [2.75, 3.05) is 39.8 Å². The Bertz CT molecular complexity index is 755. The number of hydrogen-bond donors (Lipinski definition) is 0. The molecule has 0 saturated carbocycles. The molecule has 1 aromatic carbocycles. The minimum absolute atomic E-state index is 0.0948. The molecule has 0 N–H and O–H groups in total. The predicted octanol–water partition coefficient (Wildman–Crippen LogP) is 5.18. The number of ether oxygens (including phenoxy) is 2. The van der Waals surface area contributed by atoms with E-state index in [0.717, 1.165) is 81.2 Å². The molecule has 2 aliphatic heterocycles. The fourth-order valence-corrected chi connectivity index (χ4v) is 5.69. The molecule has 2 aliphatic rings. The van der Waals surface area contributed by atoms with Crippen LogP contribution in [-0.2, 0) is 9.53 Å². The van der Waals surface area contributed by atoms with Gasteiger partial charge in [-0.3, -0.25) is 9.69 Å². The third-order valence-electron chi connectivity index (χ3n) is 7.22. The van der Waals surface area contributed by atoms with Crippen LogP contribution in [0.15, 0.2) is 18.2 Å². The molecule has 0 bridgehead atoms. The molecule has 2 saturated heterocycles. The number of esters is 1. The number of halogens is 1. The zero-order valence-electron chi connectivity index (χ0n) is 20.5. The number of aryl methyl sites for hydroxylation is 1. The quantitative estimate of drug-likeness (QED) is 0.496. The van der Waals surface area contributed by atoms with Crippen LogP contribution < -0.4 is 4.74 Å². The van der Waals surface area contributed by atoms with E-state index in [0.29, 0.717) is 11.8 Å². The Hall–Kier alpha value is -1.30. The van der Waals surface area contributed by atoms with Crippen molar-refractivity contribution in [2.24, 2.45) is 11.8 Å². The van der Waals surface area contributed by atoms with Gasteiger partial charge >= 0.3 is 5.97 Å². The van der Waals surface area contributed by atoms with Crippen molar-refractivity contribution in [2.45, 2.75) is 71.4 Å². The molecule has 180 valence electrons. The fraction of sp³-hybridized carbons (Fsp3) is 0.731. The van der Waals surface area contributed by atoms with Crippen molar-refractivity contribution in [3.63, 3.8) is 0 Å². The number of likely N-dealkylation sites (tertiary alicyclic amines) is 2. The van der Waals surface area contributed by atoms with Crippen LogP contribution in [0.3, 0.4) is 0 Å². The smallest absolute Gasteiger partial charge is 0.325 e. The van der Waals surface area contributed by atoms with E-state index in [1.807, 2.05) is 18.2 Å². The number of hydrogen-bond acceptors (Lipinski definition) is 5. The highest BCUT2D eigenvalue weighted by molar-refractivity contribution is 6.30. The van der Waals surface area contributed by atoms with E-state index in [2.05, 4.69) is 37.5 Å². The van der Waals surface area contributed by atoms with Gasteiger partial charge in [-0.1, -0.05) is 25.4 Å². The first kappa shape index (κ1) is 25.3. The first-order chi connectivity index (χ1) is 15.2. The lowest BCUT2D eigenvalue weighted by molar-refractivity contribution is -0.156. The molecule has 0 spiro atoms. The van der Waals surface area contributed by atoms with E-state index in [9.17, 15) is 4.79 Å². The normalized spacial score (nSPS) is 21.5. The summed E-state index contributed by atoms with van der Waals surface area (Å²) in [5.41, 5.74) is 0.590. The SMILES string of the molecule is COC(=O)[C@](C)(CC(C)C)N1CCC(CN2CCC(Oc3ccc(Cl)cc3C)CC2)CC1. The lowest BCUT2D eigenvalue weighted by atomic mass is 9.85. The Morgan fingerprint density at radius 2 is 1.81 bits per heavy atom. The lowest BCUT2D eigenvalue weighted by Gasteiger charge is -2.44. The summed E-state index contributed by atoms with van der Waals surface area (Å²) in [4.78, 5) is 17.5. The van der Waals surface area contributed by atoms with Gasteiger partial charge in [0.25, 0.3) is 0 Å². The van der Waals surface area contributed by atoms with Gasteiger partial charge in [0.05, 0.1) is 7.11 Å². The number of carbonyl (C=O) groups is 1. The Labute approximate surface area is 199 Å². The van der Waals surface area contributed by atoms with Gasteiger partial charge < -0.3 is 14.4 Å². The predicted molar refractivity (Wildman–Crippen MR) is 130 cm³/mol. The van der Waals surface area contributed by atoms with E-state index < -0.39 is 5.54 Å². The molecule has 1 atom stereocenters. The largest absolute Gasteiger partial charge is 0.490 e. The van der Waals surface area contributed by atoms with Crippen LogP contribution in [0.1, 0.15) is 58.4 Å². The second-order valence-corrected chi connectivity index (χ2v) is 10.8. The summed E-state index contributed by atoms with van der Waals surface area (Å²) in [5, 5.41) is 0.756. The average molecular weight is 465 g/mol. The molecule has 0 aromatic heterocycles. The lowest BCUT2D eigenvalue weighted by Crippen LogP contribution is -2.56. The zero-order valence-corrected chi connectivity index (χ0v) is 21.3. The summed E-state index contributed by atoms with van der Waals surface area (Å²) in [7, 11) is 1.51. The Balaban J connectivity index is 1.44. The van der Waals surface area contributed by atoms with Crippen LogP contribution in [0.25, 0.3) is 0 Å². The zero-order chi connectivity index (χ0) is 23.3. The standard InChI is InChI=1S/C26H41ClN2O3/c1-19(2)17-26(4,25(30)31-5)29-14-8-21(9-15-29)18-28-12-10-23(11-13-28)32-24-7-6-22(27)16-20(24)3/h6-7,16,19,21,23H,8-15,17-18H2,1-5H3/t26-/m0/s1. The third-order valence-corrected chi connectivity index (χ3v) is 7.46. The highest BCUT2D eigenvalue weighted by Gasteiger charge is 2.42. The van der Waals surface area contributed by atoms with Gasteiger partial charge in [0, 0.05) is 24.7 Å². The maximum absolute atomic E-state index is 12.6. The van der Waals surface area contributed by atoms with Gasteiger partial charge in [-0.05, 0) is 94.6 Å². The minimum atomic E-state index is -0.511. The number of rotatable bonds is 8. The second kappa shape index (κ2) is 11.2. The molecule has 32 heavy (non-hydrogen) atoms. The van der Waals surface area contributed by atoms with E-state index >= 15 is 0 Å². The summed E-state index contributed by atoms with van der Waals surface area (Å²) in [5.74, 6) is 2.01. The van der Waals surface area contributed by atoms with E-state index in [1.165, 1.54) is 7.11 Å². The summed E-state index contributed by atoms with van der Waals surface area (Å²) >= 11 is 6.06. The van der Waals surface area contributed by atoms with Crippen LogP contribution in [0.2, 0.25) is 5.02 Å². The number of carbonyl (C=O) groups excluding carboxylic acids is 1. The monoisotopic (exact) mass is 464 g/mol. The molecular formula is C26H41ClN2O3. The van der Waals surface area contributed by atoms with Crippen LogP contribution >= 0.6 is 11.6 Å². The van der Waals surface area contributed by atoms with Crippen molar-refractivity contribution in [3.05, 3.63) is 28.8 Å². The Morgan fingerprint density at radius 3 is 2.38 bits per heavy atom. The van der Waals surface area contributed by atoms with Gasteiger partial charge in [0.2, 0.25) is 0 Å². The Kier molecular flexibility index (Phi) is 8.88. The van der Waals surface area contributed by atoms with Crippen molar-refractivity contribution < 1.29 is 14.3 Å². The molecule has 3 rings (SSSR count). The number of methoxy groups -OCH3 is 1. The molecule has 1 aromatic rings. The molecule has 6 heteroatoms. The highest BCUT2D eigenvalue weighted by Crippen LogP contribution is 2.31. The molecule has 0 radical (unpaired) electrons. The molecule has 2 heterocycles. The first-order valence-corrected chi connectivity index (χ1v) is 12.6. The molecule has 5 nitrogen and oxygen atoms in total. The first-order valence-electron chi connectivity index (χ1n) is 12.2. The molecular weight excluding hydrogens is 424 g/mol. The maximum atomic E-state index is 12.6. The van der Waals surface area contributed by atoms with Crippen molar-refractivity contribution in [1.82, 2.24) is 9.80 Å². The van der Waals surface area contributed by atoms with Crippen molar-refractivity contribution in [1.29, 1.82) is 0 Å². The average Bonchev–Trinajstić information content (AvgIpc) is 2.76. The van der Waals surface area contributed by atoms with Gasteiger partial charge in [0.15, 0.2) is 0 Å². The molecule has 2 fully saturated rings. The van der Waals surface area contributed by atoms with Crippen molar-refractivity contribution >= 4 is 17.6 Å². The van der Waals surface area contributed by atoms with Gasteiger partial charge in [-0.15, -0.1) is 0 Å². The molecule has 0 aliphatic carbocycles. The van der Waals surface area contributed by atoms with Crippen LogP contribution in [0.5, 0.6) is 5.75 Å². The molecule has 0 amide bonds. The highest BCUT2D eigenvalue weighted by atomic mass is 35.5. The molecule has 0 unspecified atom stereocenters. The second-order valence-electron chi connectivity index (χ2n) is 10.3. The maximum Gasteiger partial charge on any atom is 0.325 e. The summed E-state index contributed by atoms with van der Waals surface area (Å²) < 4.78 is 11.4. The number of nitrogens with zero attached hydrogens (tertiary/aromatic N) is 2. The summed E-state index contributed by atoms with van der Waals surface area (Å²) in [6, 6.07) is 5.85. The van der Waals surface area contributed by atoms with E-state index in [1.54, 1.807) is 0 Å². The van der Waals surface area contributed by atoms with E-state index in [4.69, 9.17) is 21.1 Å². The number of benzene rings is 1. The van der Waals surface area contributed by atoms with Crippen LogP contribution in [-0.4, -0.2) is 67.2 Å². The summed E-state index contributed by atoms with van der Waals surface area (Å²) in [6.07, 6.45) is 5.54. The minimum Gasteiger partial charge on any atom is -0.490 e. The Morgan fingerprint density at radius 1 is 1.16 bits per heavy atom. The summed E-state index contributed by atoms with van der Waals surface area (Å²) in [6.45, 7) is 13.7. The van der Waals surface area contributed by atoms with Crippen LogP contribution in [0, 0.1) is 18.8 Å². The van der Waals surface area contributed by atoms with Gasteiger partial charge in [-0.25, -0.2) is 0 Å². The van der Waals surface area contributed by atoms with Crippen molar-refractivity contribution in [3.8, 4) is 5.75 Å². The number of piperidine rings is 2. The third kappa shape index (κ3) is 6.39. The fourth-order valence-electron chi connectivity index (χ4n) is 5.46. The van der Waals surface area contributed by atoms with Crippen LogP contribution in [0.4, 0.5) is 0 Å². The topological polar surface area (TPSA) is 42.0 Å². The van der Waals surface area contributed by atoms with Gasteiger partial charge in [0.1, 0.15) is 17.4 Å². The van der Waals surface area contributed by atoms with Gasteiger partial charge in [-0.2, -0.15) is 0 Å².